The zero-order valence-corrected chi connectivity index (χ0v) is 13.6. The molecule has 0 amide bonds. The second-order valence-corrected chi connectivity index (χ2v) is 5.09. The molecule has 0 unspecified atom stereocenters. The van der Waals surface area contributed by atoms with Crippen LogP contribution in [0.5, 0.6) is 11.5 Å². The number of hydrogen-bond acceptors (Lipinski definition) is 7. The molecule has 0 spiro atoms. The van der Waals surface area contributed by atoms with Crippen LogP contribution in [0.15, 0.2) is 27.4 Å². The average Bonchev–Trinajstić information content (AvgIpc) is 2.62. The van der Waals surface area contributed by atoms with Crippen LogP contribution in [0.4, 0.5) is 0 Å². The Bertz CT molecular complexity index is 975. The lowest BCUT2D eigenvalue weighted by atomic mass is 10.1. The number of rotatable bonds is 3. The Morgan fingerprint density at radius 3 is 2.46 bits per heavy atom. The van der Waals surface area contributed by atoms with Gasteiger partial charge < -0.3 is 18.6 Å². The van der Waals surface area contributed by atoms with Gasteiger partial charge in [-0.2, -0.15) is 0 Å². The number of ether oxygens (including phenoxy) is 3. The van der Waals surface area contributed by atoms with Gasteiger partial charge in [0, 0.05) is 5.56 Å². The zero-order valence-electron chi connectivity index (χ0n) is 13.6. The van der Waals surface area contributed by atoms with Crippen molar-refractivity contribution in [1.29, 1.82) is 0 Å². The number of hydrogen-bond donors (Lipinski definition) is 0. The van der Waals surface area contributed by atoms with E-state index < -0.39 is 5.97 Å². The number of carbonyl (C=O) groups is 1. The van der Waals surface area contributed by atoms with E-state index in [1.165, 1.54) is 27.4 Å². The minimum atomic E-state index is -0.485. The molecular weight excluding hydrogens is 314 g/mol. The molecule has 124 valence electrons. The highest BCUT2D eigenvalue weighted by molar-refractivity contribution is 5.93. The fourth-order valence-electron chi connectivity index (χ4n) is 2.53. The monoisotopic (exact) mass is 329 g/mol. The molecule has 1 aliphatic carbocycles. The molecule has 0 bridgehead atoms. The third-order valence-corrected chi connectivity index (χ3v) is 3.76. The molecule has 0 saturated heterocycles. The van der Waals surface area contributed by atoms with Gasteiger partial charge in [0.15, 0.2) is 22.8 Å². The fourth-order valence-corrected chi connectivity index (χ4v) is 2.53. The highest BCUT2D eigenvalue weighted by atomic mass is 16.5. The molecule has 1 aromatic rings. The predicted molar refractivity (Wildman–Crippen MR) is 86.1 cm³/mol. The zero-order chi connectivity index (χ0) is 17.4. The first-order chi connectivity index (χ1) is 11.5. The van der Waals surface area contributed by atoms with Crippen LogP contribution >= 0.6 is 0 Å². The highest BCUT2D eigenvalue weighted by Crippen LogP contribution is 2.39. The molecule has 0 saturated carbocycles. The molecule has 0 fully saturated rings. The molecule has 0 atom stereocenters. The van der Waals surface area contributed by atoms with E-state index in [-0.39, 0.29) is 22.7 Å². The number of fused-ring (bicyclic) bond motifs is 2. The standard InChI is InChI=1S/C17H15NO6/c1-8-13(19)16(22-3)15(21-2)12-14(8)24-11-7-9(17(20)23-4)5-6-10(11)18-12/h5-7H,1-4H3. The van der Waals surface area contributed by atoms with E-state index in [0.29, 0.717) is 27.9 Å². The number of carbonyl (C=O) groups excluding carboxylic acids is 1. The van der Waals surface area contributed by atoms with Gasteiger partial charge in [-0.15, -0.1) is 0 Å². The number of nitrogens with zero attached hydrogens (tertiary/aromatic N) is 1. The van der Waals surface area contributed by atoms with E-state index in [2.05, 4.69) is 4.98 Å². The lowest BCUT2D eigenvalue weighted by Crippen LogP contribution is -2.14. The van der Waals surface area contributed by atoms with E-state index >= 15 is 0 Å². The van der Waals surface area contributed by atoms with Gasteiger partial charge in [0.2, 0.25) is 11.2 Å². The Labute approximate surface area is 137 Å². The molecule has 1 aromatic carbocycles. The molecule has 7 heteroatoms. The maximum Gasteiger partial charge on any atom is 0.337 e. The summed E-state index contributed by atoms with van der Waals surface area (Å²) in [6.07, 6.45) is 0. The summed E-state index contributed by atoms with van der Waals surface area (Å²) in [5.74, 6) is 0.0921. The van der Waals surface area contributed by atoms with Crippen molar-refractivity contribution in [3.05, 3.63) is 39.5 Å². The van der Waals surface area contributed by atoms with E-state index in [4.69, 9.17) is 18.6 Å². The van der Waals surface area contributed by atoms with Crippen LogP contribution < -0.4 is 14.9 Å². The van der Waals surface area contributed by atoms with Crippen LogP contribution in [-0.2, 0) is 4.74 Å². The van der Waals surface area contributed by atoms with E-state index in [9.17, 15) is 9.59 Å². The summed E-state index contributed by atoms with van der Waals surface area (Å²) in [4.78, 5) is 28.5. The van der Waals surface area contributed by atoms with Crippen LogP contribution in [0.1, 0.15) is 15.9 Å². The first-order valence-electron chi connectivity index (χ1n) is 7.09. The van der Waals surface area contributed by atoms with Crippen molar-refractivity contribution in [1.82, 2.24) is 4.98 Å². The smallest absolute Gasteiger partial charge is 0.337 e. The Balaban J connectivity index is 2.40. The Morgan fingerprint density at radius 1 is 1.12 bits per heavy atom. The summed E-state index contributed by atoms with van der Waals surface area (Å²) in [6, 6.07) is 4.74. The van der Waals surface area contributed by atoms with Crippen LogP contribution in [0, 0.1) is 6.92 Å². The van der Waals surface area contributed by atoms with Gasteiger partial charge in [0.05, 0.1) is 26.9 Å². The van der Waals surface area contributed by atoms with Gasteiger partial charge in [0.25, 0.3) is 0 Å². The van der Waals surface area contributed by atoms with Gasteiger partial charge >= 0.3 is 5.97 Å². The fraction of sp³-hybridized carbons (Fsp3) is 0.235. The van der Waals surface area contributed by atoms with E-state index in [1.807, 2.05) is 0 Å². The third kappa shape index (κ3) is 2.25. The normalized spacial score (nSPS) is 10.8. The Kier molecular flexibility index (Phi) is 3.84. The van der Waals surface area contributed by atoms with Crippen molar-refractivity contribution in [2.75, 3.05) is 21.3 Å². The minimum absolute atomic E-state index is 0.0794. The van der Waals surface area contributed by atoms with Crippen LogP contribution in [0.2, 0.25) is 0 Å². The van der Waals surface area contributed by atoms with Gasteiger partial charge in [0.1, 0.15) is 5.52 Å². The topological polar surface area (TPSA) is 87.9 Å². The predicted octanol–water partition coefficient (Wildman–Crippen LogP) is 2.41. The lowest BCUT2D eigenvalue weighted by molar-refractivity contribution is 0.0600. The SMILES string of the molecule is COC(=O)c1ccc2nc3c(OC)c(OC)c(=O)c(C)c-3oc2c1. The molecule has 3 rings (SSSR count). The van der Waals surface area contributed by atoms with Crippen LogP contribution in [0.25, 0.3) is 22.6 Å². The van der Waals surface area contributed by atoms with Gasteiger partial charge in [-0.05, 0) is 25.1 Å². The number of aromatic nitrogens is 1. The third-order valence-electron chi connectivity index (χ3n) is 3.76. The van der Waals surface area contributed by atoms with E-state index in [0.717, 1.165) is 0 Å². The highest BCUT2D eigenvalue weighted by Gasteiger charge is 2.26. The molecular formula is C17H15NO6. The molecule has 24 heavy (non-hydrogen) atoms. The lowest BCUT2D eigenvalue weighted by Gasteiger charge is -2.15. The van der Waals surface area contributed by atoms with Crippen molar-refractivity contribution in [3.63, 3.8) is 0 Å². The number of benzene rings is 2. The van der Waals surface area contributed by atoms with Crippen molar-refractivity contribution < 1.29 is 23.4 Å². The number of esters is 1. The summed E-state index contributed by atoms with van der Waals surface area (Å²) in [5.41, 5.74) is 1.59. The molecule has 1 heterocycles. The second kappa shape index (κ2) is 5.84. The van der Waals surface area contributed by atoms with Gasteiger partial charge in [-0.1, -0.05) is 0 Å². The Morgan fingerprint density at radius 2 is 1.83 bits per heavy atom. The average molecular weight is 329 g/mol. The van der Waals surface area contributed by atoms with Crippen molar-refractivity contribution >= 4 is 17.1 Å². The summed E-state index contributed by atoms with van der Waals surface area (Å²) in [7, 11) is 4.12. The summed E-state index contributed by atoms with van der Waals surface area (Å²) in [6.45, 7) is 1.62. The van der Waals surface area contributed by atoms with E-state index in [1.54, 1.807) is 19.1 Å². The summed E-state index contributed by atoms with van der Waals surface area (Å²) < 4.78 is 21.0. The number of methoxy groups -OCH3 is 3. The maximum atomic E-state index is 12.4. The Hall–Kier alpha value is -3.09. The first-order valence-corrected chi connectivity index (χ1v) is 7.09. The molecule has 0 N–H and O–H groups in total. The first kappa shape index (κ1) is 15.8. The maximum absolute atomic E-state index is 12.4. The van der Waals surface area contributed by atoms with Crippen molar-refractivity contribution in [2.45, 2.75) is 6.92 Å². The van der Waals surface area contributed by atoms with Gasteiger partial charge in [-0.25, -0.2) is 9.78 Å². The van der Waals surface area contributed by atoms with Crippen LogP contribution in [-0.4, -0.2) is 32.3 Å². The largest absolute Gasteiger partial charge is 0.491 e. The summed E-state index contributed by atoms with van der Waals surface area (Å²) in [5, 5.41) is 0. The van der Waals surface area contributed by atoms with Crippen molar-refractivity contribution in [2.24, 2.45) is 0 Å². The molecule has 7 nitrogen and oxygen atoms in total. The summed E-state index contributed by atoms with van der Waals surface area (Å²) >= 11 is 0. The molecule has 2 aliphatic rings. The van der Waals surface area contributed by atoms with Crippen molar-refractivity contribution in [3.8, 4) is 23.0 Å². The molecule has 0 radical (unpaired) electrons. The second-order valence-electron chi connectivity index (χ2n) is 5.09. The molecule has 1 aliphatic heterocycles. The minimum Gasteiger partial charge on any atom is -0.491 e. The van der Waals surface area contributed by atoms with Crippen LogP contribution in [0.3, 0.4) is 0 Å². The molecule has 0 aromatic heterocycles. The quantitative estimate of drug-likeness (QED) is 0.538. The van der Waals surface area contributed by atoms with Gasteiger partial charge in [-0.3, -0.25) is 4.79 Å².